The Morgan fingerprint density at radius 3 is 2.75 bits per heavy atom. The fourth-order valence-corrected chi connectivity index (χ4v) is 1.68. The second kappa shape index (κ2) is 5.25. The van der Waals surface area contributed by atoms with Gasteiger partial charge < -0.3 is 4.90 Å². The predicted octanol–water partition coefficient (Wildman–Crippen LogP) is 2.59. The van der Waals surface area contributed by atoms with Gasteiger partial charge >= 0.3 is 5.70 Å². The topological polar surface area (TPSA) is 46.4 Å². The van der Waals surface area contributed by atoms with Gasteiger partial charge in [-0.25, -0.2) is 8.78 Å². The Bertz CT molecular complexity index is 355. The number of hydrogen-bond acceptors (Lipinski definition) is 3. The van der Waals surface area contributed by atoms with E-state index >= 15 is 0 Å². The number of halogens is 3. The largest absolute Gasteiger partial charge is 0.347 e. The zero-order valence-corrected chi connectivity index (χ0v) is 9.38. The fourth-order valence-electron chi connectivity index (χ4n) is 1.43. The summed E-state index contributed by atoms with van der Waals surface area (Å²) in [6.07, 6.45) is -0.649. The maximum Gasteiger partial charge on any atom is 0.304 e. The van der Waals surface area contributed by atoms with Gasteiger partial charge in [0.1, 0.15) is 0 Å². The van der Waals surface area contributed by atoms with Crippen molar-refractivity contribution in [3.63, 3.8) is 0 Å². The standard InChI is InChI=1S/C9H11ClF2N2O2/c1-2-6-3-7(14(15)16)9(10)13(4-6)5-8(11)12/h3,8H,2,4-5H2,1H3. The summed E-state index contributed by atoms with van der Waals surface area (Å²) in [6.45, 7) is 1.44. The van der Waals surface area contributed by atoms with Gasteiger partial charge in [0, 0.05) is 12.6 Å². The molecule has 0 radical (unpaired) electrons. The van der Waals surface area contributed by atoms with Gasteiger partial charge in [-0.1, -0.05) is 18.5 Å². The van der Waals surface area contributed by atoms with Gasteiger partial charge in [-0.05, 0) is 12.0 Å². The number of allylic oxidation sites excluding steroid dienone is 1. The minimum atomic E-state index is -2.57. The third-order valence-corrected chi connectivity index (χ3v) is 2.67. The maximum atomic E-state index is 12.2. The lowest BCUT2D eigenvalue weighted by Crippen LogP contribution is -2.32. The minimum absolute atomic E-state index is 0.219. The summed E-state index contributed by atoms with van der Waals surface area (Å²) in [7, 11) is 0. The minimum Gasteiger partial charge on any atom is -0.347 e. The molecule has 0 amide bonds. The van der Waals surface area contributed by atoms with E-state index in [1.807, 2.05) is 6.92 Å². The molecule has 1 aliphatic rings. The number of nitro groups is 1. The van der Waals surface area contributed by atoms with E-state index in [1.165, 1.54) is 6.08 Å². The first-order chi connectivity index (χ1) is 7.45. The van der Waals surface area contributed by atoms with Crippen LogP contribution in [-0.4, -0.2) is 29.3 Å². The van der Waals surface area contributed by atoms with Crippen LogP contribution in [0.1, 0.15) is 13.3 Å². The number of nitrogens with zero attached hydrogens (tertiary/aromatic N) is 2. The van der Waals surface area contributed by atoms with Gasteiger partial charge in [0.25, 0.3) is 6.43 Å². The molecule has 7 heteroatoms. The van der Waals surface area contributed by atoms with Gasteiger partial charge in [0.05, 0.1) is 11.5 Å². The van der Waals surface area contributed by atoms with E-state index in [-0.39, 0.29) is 17.4 Å². The van der Waals surface area contributed by atoms with E-state index in [9.17, 15) is 18.9 Å². The van der Waals surface area contributed by atoms with Crippen LogP contribution in [0.3, 0.4) is 0 Å². The van der Waals surface area contributed by atoms with Crippen molar-refractivity contribution < 1.29 is 13.7 Å². The summed E-state index contributed by atoms with van der Waals surface area (Å²) < 4.78 is 24.5. The number of hydrogen-bond donors (Lipinski definition) is 0. The van der Waals surface area contributed by atoms with Gasteiger partial charge in [-0.15, -0.1) is 0 Å². The van der Waals surface area contributed by atoms with Crippen LogP contribution >= 0.6 is 11.6 Å². The molecule has 0 saturated carbocycles. The van der Waals surface area contributed by atoms with Crippen molar-refractivity contribution in [3.05, 3.63) is 32.6 Å². The van der Waals surface area contributed by atoms with Gasteiger partial charge in [0.2, 0.25) is 0 Å². The van der Waals surface area contributed by atoms with Crippen molar-refractivity contribution in [2.45, 2.75) is 19.8 Å². The SMILES string of the molecule is CCC1=CC([N+](=O)[O-])=C(Cl)N(CC(F)F)C1. The molecular weight excluding hydrogens is 242 g/mol. The molecule has 0 aromatic rings. The molecule has 1 heterocycles. The number of rotatable bonds is 4. The molecule has 4 nitrogen and oxygen atoms in total. The van der Waals surface area contributed by atoms with Crippen LogP contribution in [-0.2, 0) is 0 Å². The Balaban J connectivity index is 2.99. The van der Waals surface area contributed by atoms with Crippen LogP contribution < -0.4 is 0 Å². The second-order valence-corrected chi connectivity index (χ2v) is 3.72. The van der Waals surface area contributed by atoms with E-state index in [0.29, 0.717) is 6.42 Å². The number of alkyl halides is 2. The van der Waals surface area contributed by atoms with Crippen molar-refractivity contribution in [2.24, 2.45) is 0 Å². The second-order valence-electron chi connectivity index (χ2n) is 3.36. The molecule has 16 heavy (non-hydrogen) atoms. The van der Waals surface area contributed by atoms with E-state index in [1.54, 1.807) is 0 Å². The molecular formula is C9H11ClF2N2O2. The molecule has 0 aromatic heterocycles. The molecule has 0 saturated heterocycles. The first kappa shape index (κ1) is 12.9. The average molecular weight is 253 g/mol. The Morgan fingerprint density at radius 2 is 2.31 bits per heavy atom. The Kier molecular flexibility index (Phi) is 4.23. The quantitative estimate of drug-likeness (QED) is 0.439. The Hall–Kier alpha value is -1.17. The molecule has 0 spiro atoms. The summed E-state index contributed by atoms with van der Waals surface area (Å²) in [5.41, 5.74) is 0.405. The summed E-state index contributed by atoms with van der Waals surface area (Å²) in [6, 6.07) is 0. The zero-order chi connectivity index (χ0) is 12.3. The Morgan fingerprint density at radius 1 is 1.69 bits per heavy atom. The normalized spacial score (nSPS) is 16.8. The van der Waals surface area contributed by atoms with Crippen molar-refractivity contribution in [3.8, 4) is 0 Å². The van der Waals surface area contributed by atoms with Crippen LogP contribution in [0.4, 0.5) is 8.78 Å². The van der Waals surface area contributed by atoms with Crippen molar-refractivity contribution >= 4 is 11.6 Å². The highest BCUT2D eigenvalue weighted by atomic mass is 35.5. The molecule has 0 unspecified atom stereocenters. The first-order valence-corrected chi connectivity index (χ1v) is 5.10. The van der Waals surface area contributed by atoms with Crippen LogP contribution in [0.25, 0.3) is 0 Å². The maximum absolute atomic E-state index is 12.2. The van der Waals surface area contributed by atoms with E-state index in [2.05, 4.69) is 0 Å². The van der Waals surface area contributed by atoms with E-state index in [0.717, 1.165) is 10.5 Å². The summed E-state index contributed by atoms with van der Waals surface area (Å²) in [5.74, 6) is 0. The highest BCUT2D eigenvalue weighted by molar-refractivity contribution is 6.29. The smallest absolute Gasteiger partial charge is 0.304 e. The van der Waals surface area contributed by atoms with Gasteiger partial charge in [-0.2, -0.15) is 0 Å². The van der Waals surface area contributed by atoms with Crippen molar-refractivity contribution in [2.75, 3.05) is 13.1 Å². The molecule has 1 aliphatic heterocycles. The lowest BCUT2D eigenvalue weighted by molar-refractivity contribution is -0.421. The molecule has 0 aromatic carbocycles. The third kappa shape index (κ3) is 2.91. The molecule has 90 valence electrons. The van der Waals surface area contributed by atoms with Gasteiger partial charge in [0.15, 0.2) is 5.16 Å². The molecule has 0 N–H and O–H groups in total. The van der Waals surface area contributed by atoms with Crippen LogP contribution in [0.2, 0.25) is 0 Å². The fraction of sp³-hybridized carbons (Fsp3) is 0.556. The van der Waals surface area contributed by atoms with Crippen LogP contribution in [0, 0.1) is 10.1 Å². The highest BCUT2D eigenvalue weighted by Gasteiger charge is 2.27. The van der Waals surface area contributed by atoms with Gasteiger partial charge in [-0.3, -0.25) is 10.1 Å². The molecule has 0 fully saturated rings. The predicted molar refractivity (Wildman–Crippen MR) is 55.8 cm³/mol. The monoisotopic (exact) mass is 252 g/mol. The summed E-state index contributed by atoms with van der Waals surface area (Å²) >= 11 is 5.70. The van der Waals surface area contributed by atoms with Crippen molar-refractivity contribution in [1.29, 1.82) is 0 Å². The Labute approximate surface area is 96.3 Å². The van der Waals surface area contributed by atoms with E-state index < -0.39 is 17.9 Å². The third-order valence-electron chi connectivity index (χ3n) is 2.23. The molecule has 0 bridgehead atoms. The zero-order valence-electron chi connectivity index (χ0n) is 8.62. The summed E-state index contributed by atoms with van der Waals surface area (Å²) in [5, 5.41) is 10.4. The van der Waals surface area contributed by atoms with E-state index in [4.69, 9.17) is 11.6 Å². The summed E-state index contributed by atoms with van der Waals surface area (Å²) in [4.78, 5) is 11.1. The van der Waals surface area contributed by atoms with Crippen LogP contribution in [0.5, 0.6) is 0 Å². The molecule has 1 rings (SSSR count). The average Bonchev–Trinajstić information content (AvgIpc) is 2.19. The lowest BCUT2D eigenvalue weighted by Gasteiger charge is -2.26. The lowest BCUT2D eigenvalue weighted by atomic mass is 10.1. The molecule has 0 aliphatic carbocycles. The van der Waals surface area contributed by atoms with Crippen LogP contribution in [0.15, 0.2) is 22.5 Å². The van der Waals surface area contributed by atoms with Crippen molar-refractivity contribution in [1.82, 2.24) is 4.90 Å². The highest BCUT2D eigenvalue weighted by Crippen LogP contribution is 2.26. The first-order valence-electron chi connectivity index (χ1n) is 4.72. The molecule has 0 atom stereocenters.